The topological polar surface area (TPSA) is 90.4 Å². The molecule has 2 fully saturated rings. The summed E-state index contributed by atoms with van der Waals surface area (Å²) in [4.78, 5) is 48.5. The second-order valence-electron chi connectivity index (χ2n) is 11.1. The average Bonchev–Trinajstić information content (AvgIpc) is 3.28. The largest absolute Gasteiger partial charge is 0.394 e. The highest BCUT2D eigenvalue weighted by atomic mass is 35.5. The molecule has 4 heterocycles. The smallest absolute Gasteiger partial charge is 0.253 e. The normalized spacial score (nSPS) is 31.6. The second kappa shape index (κ2) is 10.4. The number of ether oxygens (including phenoxy) is 1. The van der Waals surface area contributed by atoms with Crippen molar-refractivity contribution in [2.75, 3.05) is 29.5 Å². The first-order valence-corrected chi connectivity index (χ1v) is 14.6. The third-order valence-corrected chi connectivity index (χ3v) is 9.41. The Kier molecular flexibility index (Phi) is 7.04. The molecule has 0 aliphatic carbocycles. The fourth-order valence-corrected chi connectivity index (χ4v) is 7.33. The number of amides is 3. The number of halogens is 1. The minimum atomic E-state index is -1.39. The van der Waals surface area contributed by atoms with Crippen LogP contribution in [0.15, 0.2) is 78.9 Å². The molecule has 3 amide bonds. The first kappa shape index (κ1) is 27.7. The molecule has 4 aliphatic rings. The van der Waals surface area contributed by atoms with Gasteiger partial charge in [-0.2, -0.15) is 0 Å². The molecule has 0 aromatic heterocycles. The maximum absolute atomic E-state index is 14.6. The van der Waals surface area contributed by atoms with Gasteiger partial charge in [0.1, 0.15) is 11.6 Å². The van der Waals surface area contributed by atoms with Gasteiger partial charge in [-0.3, -0.25) is 14.4 Å². The van der Waals surface area contributed by atoms with E-state index in [9.17, 15) is 19.5 Å². The number of anilines is 2. The Labute approximate surface area is 244 Å². The average molecular weight is 576 g/mol. The number of aliphatic hydroxyl groups excluding tert-OH is 1. The molecule has 9 heteroatoms. The molecule has 41 heavy (non-hydrogen) atoms. The van der Waals surface area contributed by atoms with Gasteiger partial charge < -0.3 is 24.5 Å². The SMILES string of the molecule is CC[C@@H](CO)N1C(=O)[C@@H]2[C@H]3C(=O)N(c4ccccc4)CC=C[C@@]3(CC)O[C@@]23C=CCN(c2ccc(Cl)cc2)C(=O)C13. The Hall–Kier alpha value is -3.46. The van der Waals surface area contributed by atoms with E-state index < -0.39 is 35.1 Å². The summed E-state index contributed by atoms with van der Waals surface area (Å²) in [5, 5.41) is 10.9. The molecule has 8 nitrogen and oxygen atoms in total. The number of fused-ring (bicyclic) bond motifs is 2. The van der Waals surface area contributed by atoms with E-state index in [1.54, 1.807) is 34.1 Å². The summed E-state index contributed by atoms with van der Waals surface area (Å²) in [5.74, 6) is -2.68. The fraction of sp³-hybridized carbons (Fsp3) is 0.406. The number of hydrogen-bond donors (Lipinski definition) is 1. The van der Waals surface area contributed by atoms with Crippen LogP contribution in [0, 0.1) is 11.8 Å². The monoisotopic (exact) mass is 575 g/mol. The van der Waals surface area contributed by atoms with E-state index in [4.69, 9.17) is 16.3 Å². The first-order chi connectivity index (χ1) is 19.8. The summed E-state index contributed by atoms with van der Waals surface area (Å²) in [7, 11) is 0. The lowest BCUT2D eigenvalue weighted by molar-refractivity contribution is -0.149. The Morgan fingerprint density at radius 1 is 0.878 bits per heavy atom. The molecule has 2 aromatic carbocycles. The molecule has 0 bridgehead atoms. The molecule has 4 aliphatic heterocycles. The molecule has 0 radical (unpaired) electrons. The van der Waals surface area contributed by atoms with E-state index in [0.29, 0.717) is 30.1 Å². The van der Waals surface area contributed by atoms with Gasteiger partial charge in [-0.25, -0.2) is 0 Å². The van der Waals surface area contributed by atoms with Crippen LogP contribution >= 0.6 is 11.6 Å². The van der Waals surface area contributed by atoms with Gasteiger partial charge in [0.15, 0.2) is 0 Å². The predicted octanol–water partition coefficient (Wildman–Crippen LogP) is 3.98. The van der Waals surface area contributed by atoms with Crippen molar-refractivity contribution in [3.05, 3.63) is 83.9 Å². The molecule has 2 aromatic rings. The highest BCUT2D eigenvalue weighted by molar-refractivity contribution is 6.30. The number of hydrogen-bond acceptors (Lipinski definition) is 5. The molecule has 214 valence electrons. The van der Waals surface area contributed by atoms with Crippen LogP contribution in [0.5, 0.6) is 0 Å². The lowest BCUT2D eigenvalue weighted by atomic mass is 9.73. The third kappa shape index (κ3) is 4.07. The van der Waals surface area contributed by atoms with E-state index in [2.05, 4.69) is 0 Å². The van der Waals surface area contributed by atoms with Crippen LogP contribution in [-0.2, 0) is 19.1 Å². The van der Waals surface area contributed by atoms with Crippen LogP contribution in [0.3, 0.4) is 0 Å². The number of para-hydroxylation sites is 1. The van der Waals surface area contributed by atoms with Crippen molar-refractivity contribution in [1.82, 2.24) is 4.90 Å². The highest BCUT2D eigenvalue weighted by Crippen LogP contribution is 2.59. The zero-order valence-corrected chi connectivity index (χ0v) is 23.9. The third-order valence-electron chi connectivity index (χ3n) is 9.16. The molecule has 1 unspecified atom stereocenters. The van der Waals surface area contributed by atoms with Crippen LogP contribution < -0.4 is 9.80 Å². The summed E-state index contributed by atoms with van der Waals surface area (Å²) in [5.41, 5.74) is -1.10. The van der Waals surface area contributed by atoms with E-state index in [1.807, 2.05) is 68.5 Å². The van der Waals surface area contributed by atoms with Gasteiger partial charge in [0.05, 0.1) is 30.1 Å². The van der Waals surface area contributed by atoms with E-state index in [-0.39, 0.29) is 30.9 Å². The molecule has 0 saturated carbocycles. The Bertz CT molecular complexity index is 1410. The van der Waals surface area contributed by atoms with Crippen molar-refractivity contribution in [2.45, 2.75) is 50.0 Å². The number of rotatable bonds is 6. The lowest BCUT2D eigenvalue weighted by Crippen LogP contribution is -2.59. The van der Waals surface area contributed by atoms with Crippen LogP contribution in [0.25, 0.3) is 0 Å². The van der Waals surface area contributed by atoms with Crippen LogP contribution in [0.1, 0.15) is 26.7 Å². The highest BCUT2D eigenvalue weighted by Gasteiger charge is 2.76. The van der Waals surface area contributed by atoms with Crippen molar-refractivity contribution < 1.29 is 24.2 Å². The molecule has 1 N–H and O–H groups in total. The van der Waals surface area contributed by atoms with Gasteiger partial charge in [-0.1, -0.05) is 68.0 Å². The number of carbonyl (C=O) groups excluding carboxylic acids is 3. The van der Waals surface area contributed by atoms with Crippen molar-refractivity contribution in [3.8, 4) is 0 Å². The lowest BCUT2D eigenvalue weighted by Gasteiger charge is -2.40. The number of nitrogens with zero attached hydrogens (tertiary/aromatic N) is 3. The quantitative estimate of drug-likeness (QED) is 0.526. The zero-order chi connectivity index (χ0) is 28.9. The minimum absolute atomic E-state index is 0.212. The van der Waals surface area contributed by atoms with Gasteiger partial charge in [-0.15, -0.1) is 0 Å². The van der Waals surface area contributed by atoms with Crippen molar-refractivity contribution in [3.63, 3.8) is 0 Å². The van der Waals surface area contributed by atoms with Crippen molar-refractivity contribution in [1.29, 1.82) is 0 Å². The van der Waals surface area contributed by atoms with E-state index >= 15 is 0 Å². The summed E-state index contributed by atoms with van der Waals surface area (Å²) in [6, 6.07) is 14.7. The molecular formula is C32H34ClN3O5. The van der Waals surface area contributed by atoms with E-state index in [1.165, 1.54) is 4.90 Å². The molecule has 6 atom stereocenters. The second-order valence-corrected chi connectivity index (χ2v) is 11.6. The summed E-state index contributed by atoms with van der Waals surface area (Å²) < 4.78 is 7.01. The van der Waals surface area contributed by atoms with Gasteiger partial charge in [0.25, 0.3) is 5.91 Å². The standard InChI is InChI=1S/C32H34ClN3O5/c1-3-22(20-37)36-27-30(40)35(24-14-12-21(33)13-15-24)19-9-17-32(27)26(29(36)39)25-28(38)34(23-10-6-5-7-11-23)18-8-16-31(25,4-2)41-32/h5-17,22,25-27,37H,3-4,18-20H2,1-2H3/t22-,25-,26-,27?,31+,32-/m0/s1. The van der Waals surface area contributed by atoms with Gasteiger partial charge in [0, 0.05) is 29.5 Å². The summed E-state index contributed by atoms with van der Waals surface area (Å²) in [6.07, 6.45) is 8.41. The van der Waals surface area contributed by atoms with Gasteiger partial charge in [0.2, 0.25) is 11.8 Å². The van der Waals surface area contributed by atoms with Crippen LogP contribution in [0.4, 0.5) is 11.4 Å². The van der Waals surface area contributed by atoms with Crippen molar-refractivity contribution >= 4 is 40.7 Å². The first-order valence-electron chi connectivity index (χ1n) is 14.2. The van der Waals surface area contributed by atoms with Crippen LogP contribution in [-0.4, -0.2) is 70.7 Å². The summed E-state index contributed by atoms with van der Waals surface area (Å²) in [6.45, 7) is 4.11. The molecule has 1 spiro atoms. The Morgan fingerprint density at radius 2 is 1.51 bits per heavy atom. The maximum atomic E-state index is 14.6. The zero-order valence-electron chi connectivity index (χ0n) is 23.2. The van der Waals surface area contributed by atoms with E-state index in [0.717, 1.165) is 5.69 Å². The van der Waals surface area contributed by atoms with Crippen molar-refractivity contribution in [2.24, 2.45) is 11.8 Å². The Balaban J connectivity index is 1.51. The summed E-state index contributed by atoms with van der Waals surface area (Å²) >= 11 is 6.13. The van der Waals surface area contributed by atoms with Gasteiger partial charge in [-0.05, 0) is 49.2 Å². The Morgan fingerprint density at radius 3 is 2.15 bits per heavy atom. The number of likely N-dealkylation sites (tertiary alicyclic amines) is 1. The molecular weight excluding hydrogens is 542 g/mol. The number of aliphatic hydroxyl groups is 1. The molecule has 6 rings (SSSR count). The predicted molar refractivity (Wildman–Crippen MR) is 156 cm³/mol. The molecule has 2 saturated heterocycles. The number of carbonyl (C=O) groups is 3. The number of benzene rings is 2. The minimum Gasteiger partial charge on any atom is -0.394 e. The maximum Gasteiger partial charge on any atom is 0.253 e. The van der Waals surface area contributed by atoms with Gasteiger partial charge >= 0.3 is 0 Å². The fourth-order valence-electron chi connectivity index (χ4n) is 7.20. The van der Waals surface area contributed by atoms with Crippen LogP contribution in [0.2, 0.25) is 5.02 Å².